The zero-order chi connectivity index (χ0) is 17.9. The first-order valence-electron chi connectivity index (χ1n) is 9.88. The standard InChI is InChI=1S/C20H27N5O/c1-2-15-7-9-17(10-8-15)20-21-23-25(22-20)14-19(26)24-12-11-16-5-3-4-6-18(16)13-24/h7-10,16,18H,2-6,11-14H2,1H3/t16-,18-/m0/s1. The van der Waals surface area contributed by atoms with Gasteiger partial charge in [0.15, 0.2) is 0 Å². The molecule has 6 heteroatoms. The van der Waals surface area contributed by atoms with E-state index in [-0.39, 0.29) is 12.5 Å². The van der Waals surface area contributed by atoms with Gasteiger partial charge < -0.3 is 4.90 Å². The fourth-order valence-corrected chi connectivity index (χ4v) is 4.36. The summed E-state index contributed by atoms with van der Waals surface area (Å²) in [5.74, 6) is 2.21. The molecule has 2 aromatic rings. The number of nitrogens with zero attached hydrogens (tertiary/aromatic N) is 5. The predicted octanol–water partition coefficient (Wildman–Crippen LogP) is 2.94. The van der Waals surface area contributed by atoms with Gasteiger partial charge >= 0.3 is 0 Å². The van der Waals surface area contributed by atoms with Crippen LogP contribution in [-0.4, -0.2) is 44.1 Å². The Morgan fingerprint density at radius 3 is 2.65 bits per heavy atom. The molecule has 0 unspecified atom stereocenters. The van der Waals surface area contributed by atoms with E-state index in [1.165, 1.54) is 36.0 Å². The molecule has 26 heavy (non-hydrogen) atoms. The average Bonchev–Trinajstić information content (AvgIpc) is 3.16. The zero-order valence-electron chi connectivity index (χ0n) is 15.5. The molecule has 4 rings (SSSR count). The molecule has 1 aromatic carbocycles. The number of fused-ring (bicyclic) bond motifs is 1. The molecule has 0 bridgehead atoms. The van der Waals surface area contributed by atoms with Crippen molar-refractivity contribution in [2.45, 2.75) is 52.0 Å². The molecule has 6 nitrogen and oxygen atoms in total. The minimum atomic E-state index is 0.110. The lowest BCUT2D eigenvalue weighted by molar-refractivity contribution is -0.135. The van der Waals surface area contributed by atoms with E-state index in [9.17, 15) is 4.79 Å². The van der Waals surface area contributed by atoms with E-state index in [0.29, 0.717) is 11.7 Å². The van der Waals surface area contributed by atoms with Crippen LogP contribution < -0.4 is 0 Å². The van der Waals surface area contributed by atoms with Crippen molar-refractivity contribution in [2.24, 2.45) is 11.8 Å². The molecule has 1 saturated heterocycles. The molecule has 1 amide bonds. The SMILES string of the molecule is CCc1ccc(-c2nnn(CC(=O)N3CC[C@@H]4CCCC[C@H]4C3)n2)cc1. The Morgan fingerprint density at radius 2 is 1.88 bits per heavy atom. The van der Waals surface area contributed by atoms with Crippen LogP contribution in [0.2, 0.25) is 0 Å². The summed E-state index contributed by atoms with van der Waals surface area (Å²) < 4.78 is 0. The molecular weight excluding hydrogens is 326 g/mol. The van der Waals surface area contributed by atoms with Crippen LogP contribution in [0.4, 0.5) is 0 Å². The zero-order valence-corrected chi connectivity index (χ0v) is 15.5. The number of rotatable bonds is 4. The lowest BCUT2D eigenvalue weighted by atomic mass is 9.75. The normalized spacial score (nSPS) is 22.9. The molecule has 2 atom stereocenters. The van der Waals surface area contributed by atoms with Crippen LogP contribution >= 0.6 is 0 Å². The van der Waals surface area contributed by atoms with Gasteiger partial charge in [-0.2, -0.15) is 4.80 Å². The predicted molar refractivity (Wildman–Crippen MR) is 99.3 cm³/mol. The molecule has 1 aliphatic carbocycles. The summed E-state index contributed by atoms with van der Waals surface area (Å²) in [6.45, 7) is 4.09. The molecule has 1 aromatic heterocycles. The summed E-state index contributed by atoms with van der Waals surface area (Å²) >= 11 is 0. The van der Waals surface area contributed by atoms with Crippen molar-refractivity contribution in [1.82, 2.24) is 25.1 Å². The van der Waals surface area contributed by atoms with Gasteiger partial charge in [-0.1, -0.05) is 50.5 Å². The van der Waals surface area contributed by atoms with Crippen LogP contribution in [0.1, 0.15) is 44.6 Å². The van der Waals surface area contributed by atoms with Crippen LogP contribution in [0.3, 0.4) is 0 Å². The van der Waals surface area contributed by atoms with E-state index in [4.69, 9.17) is 0 Å². The van der Waals surface area contributed by atoms with Gasteiger partial charge in [0, 0.05) is 18.7 Å². The molecule has 138 valence electrons. The van der Waals surface area contributed by atoms with Gasteiger partial charge in [-0.25, -0.2) is 0 Å². The molecule has 2 heterocycles. The van der Waals surface area contributed by atoms with E-state index in [1.807, 2.05) is 17.0 Å². The Balaban J connectivity index is 1.38. The van der Waals surface area contributed by atoms with Crippen LogP contribution in [-0.2, 0) is 17.8 Å². The Morgan fingerprint density at radius 1 is 1.12 bits per heavy atom. The molecule has 1 saturated carbocycles. The number of carbonyl (C=O) groups is 1. The van der Waals surface area contributed by atoms with Crippen LogP contribution in [0.15, 0.2) is 24.3 Å². The van der Waals surface area contributed by atoms with Gasteiger partial charge in [0.05, 0.1) is 0 Å². The number of hydrogen-bond donors (Lipinski definition) is 0. The third-order valence-corrected chi connectivity index (χ3v) is 5.99. The van der Waals surface area contributed by atoms with Crippen molar-refractivity contribution >= 4 is 5.91 Å². The highest BCUT2D eigenvalue weighted by molar-refractivity contribution is 5.76. The van der Waals surface area contributed by atoms with Crippen molar-refractivity contribution in [3.63, 3.8) is 0 Å². The fourth-order valence-electron chi connectivity index (χ4n) is 4.36. The summed E-state index contributed by atoms with van der Waals surface area (Å²) in [7, 11) is 0. The molecule has 1 aliphatic heterocycles. The molecular formula is C20H27N5O. The molecule has 0 radical (unpaired) electrons. The molecule has 2 aliphatic rings. The van der Waals surface area contributed by atoms with Crippen molar-refractivity contribution in [3.05, 3.63) is 29.8 Å². The molecule has 0 spiro atoms. The first-order chi connectivity index (χ1) is 12.7. The third-order valence-electron chi connectivity index (χ3n) is 5.99. The van der Waals surface area contributed by atoms with E-state index >= 15 is 0 Å². The average molecular weight is 353 g/mol. The Hall–Kier alpha value is -2.24. The van der Waals surface area contributed by atoms with Gasteiger partial charge in [-0.3, -0.25) is 4.79 Å². The topological polar surface area (TPSA) is 63.9 Å². The van der Waals surface area contributed by atoms with Crippen molar-refractivity contribution in [2.75, 3.05) is 13.1 Å². The van der Waals surface area contributed by atoms with Gasteiger partial charge in [0.25, 0.3) is 0 Å². The maximum Gasteiger partial charge on any atom is 0.246 e. The van der Waals surface area contributed by atoms with Gasteiger partial charge in [-0.05, 0) is 41.9 Å². The second-order valence-corrected chi connectivity index (χ2v) is 7.63. The third kappa shape index (κ3) is 3.64. The van der Waals surface area contributed by atoms with Crippen LogP contribution in [0.5, 0.6) is 0 Å². The van der Waals surface area contributed by atoms with Gasteiger partial charge in [0.1, 0.15) is 6.54 Å². The maximum absolute atomic E-state index is 12.7. The number of aryl methyl sites for hydroxylation is 1. The van der Waals surface area contributed by atoms with E-state index < -0.39 is 0 Å². The number of carbonyl (C=O) groups excluding carboxylic acids is 1. The van der Waals surface area contributed by atoms with Gasteiger partial charge in [0.2, 0.25) is 11.7 Å². The minimum Gasteiger partial charge on any atom is -0.341 e. The summed E-state index contributed by atoms with van der Waals surface area (Å²) in [6, 6.07) is 8.18. The number of piperidine rings is 1. The largest absolute Gasteiger partial charge is 0.341 e. The minimum absolute atomic E-state index is 0.110. The Bertz CT molecular complexity index is 754. The highest BCUT2D eigenvalue weighted by atomic mass is 16.2. The lowest BCUT2D eigenvalue weighted by Crippen LogP contribution is -2.46. The summed E-state index contributed by atoms with van der Waals surface area (Å²) in [5, 5.41) is 12.6. The van der Waals surface area contributed by atoms with E-state index in [2.05, 4.69) is 34.5 Å². The van der Waals surface area contributed by atoms with Crippen LogP contribution in [0.25, 0.3) is 11.4 Å². The first-order valence-corrected chi connectivity index (χ1v) is 9.88. The number of aromatic nitrogens is 4. The summed E-state index contributed by atoms with van der Waals surface area (Å²) in [5.41, 5.74) is 2.21. The highest BCUT2D eigenvalue weighted by Gasteiger charge is 2.33. The van der Waals surface area contributed by atoms with E-state index in [0.717, 1.165) is 37.4 Å². The smallest absolute Gasteiger partial charge is 0.246 e. The number of tetrazole rings is 1. The summed E-state index contributed by atoms with van der Waals surface area (Å²) in [6.07, 6.45) is 7.45. The van der Waals surface area contributed by atoms with Crippen LogP contribution in [0, 0.1) is 11.8 Å². The lowest BCUT2D eigenvalue weighted by Gasteiger charge is -2.41. The second kappa shape index (κ2) is 7.56. The monoisotopic (exact) mass is 353 g/mol. The molecule has 2 fully saturated rings. The fraction of sp³-hybridized carbons (Fsp3) is 0.600. The number of benzene rings is 1. The number of likely N-dealkylation sites (tertiary alicyclic amines) is 1. The van der Waals surface area contributed by atoms with Gasteiger partial charge in [-0.15, -0.1) is 10.2 Å². The summed E-state index contributed by atoms with van der Waals surface area (Å²) in [4.78, 5) is 16.1. The maximum atomic E-state index is 12.7. The number of amides is 1. The number of hydrogen-bond acceptors (Lipinski definition) is 4. The quantitative estimate of drug-likeness (QED) is 0.848. The molecule has 0 N–H and O–H groups in total. The van der Waals surface area contributed by atoms with Crippen molar-refractivity contribution < 1.29 is 4.79 Å². The highest BCUT2D eigenvalue weighted by Crippen LogP contribution is 2.36. The Labute approximate surface area is 154 Å². The second-order valence-electron chi connectivity index (χ2n) is 7.63. The van der Waals surface area contributed by atoms with E-state index in [1.54, 1.807) is 0 Å². The van der Waals surface area contributed by atoms with Crippen molar-refractivity contribution in [1.29, 1.82) is 0 Å². The van der Waals surface area contributed by atoms with Crippen molar-refractivity contribution in [3.8, 4) is 11.4 Å². The first kappa shape index (κ1) is 17.2. The Kier molecular flexibility index (Phi) is 5.00.